The van der Waals surface area contributed by atoms with Gasteiger partial charge in [-0.2, -0.15) is 0 Å². The number of benzene rings is 1. The number of nitrogens with zero attached hydrogens (tertiary/aromatic N) is 3. The maximum absolute atomic E-state index is 5.15. The van der Waals surface area contributed by atoms with Gasteiger partial charge in [0.25, 0.3) is 0 Å². The first-order valence-electron chi connectivity index (χ1n) is 5.57. The predicted molar refractivity (Wildman–Crippen MR) is 77.8 cm³/mol. The molecule has 0 radical (unpaired) electrons. The Hall–Kier alpha value is -1.53. The Morgan fingerprint density at radius 1 is 1.26 bits per heavy atom. The van der Waals surface area contributed by atoms with Gasteiger partial charge in [-0.05, 0) is 40.2 Å². The van der Waals surface area contributed by atoms with E-state index < -0.39 is 0 Å². The molecule has 19 heavy (non-hydrogen) atoms. The Morgan fingerprint density at radius 2 is 2.05 bits per heavy atom. The molecule has 0 saturated carbocycles. The van der Waals surface area contributed by atoms with Crippen LogP contribution in [0.2, 0.25) is 0 Å². The predicted octanol–water partition coefficient (Wildman–Crippen LogP) is 3.65. The van der Waals surface area contributed by atoms with Gasteiger partial charge in [-0.3, -0.25) is 0 Å². The van der Waals surface area contributed by atoms with Crippen molar-refractivity contribution in [2.75, 3.05) is 7.11 Å². The van der Waals surface area contributed by atoms with Gasteiger partial charge in [0.1, 0.15) is 15.4 Å². The first-order chi connectivity index (χ1) is 9.26. The highest BCUT2D eigenvalue weighted by Gasteiger charge is 2.08. The molecule has 4 nitrogen and oxygen atoms in total. The molecule has 0 spiro atoms. The van der Waals surface area contributed by atoms with E-state index in [2.05, 4.69) is 25.9 Å². The maximum atomic E-state index is 5.15. The van der Waals surface area contributed by atoms with Crippen molar-refractivity contribution >= 4 is 33.3 Å². The smallest absolute Gasteiger partial charge is 0.170 e. The Kier molecular flexibility index (Phi) is 3.44. The average Bonchev–Trinajstić information content (AvgIpc) is 2.88. The fraction of sp³-hybridized carbons (Fsp3) is 0.0769. The zero-order valence-electron chi connectivity index (χ0n) is 10.1. The minimum absolute atomic E-state index is 0.786. The van der Waals surface area contributed by atoms with Gasteiger partial charge in [-0.1, -0.05) is 11.8 Å². The summed E-state index contributed by atoms with van der Waals surface area (Å²) >= 11 is 4.99. The highest BCUT2D eigenvalue weighted by molar-refractivity contribution is 9.10. The van der Waals surface area contributed by atoms with Crippen LogP contribution in [0.4, 0.5) is 0 Å². The molecule has 2 heterocycles. The molecule has 0 N–H and O–H groups in total. The van der Waals surface area contributed by atoms with Gasteiger partial charge in [0.05, 0.1) is 7.11 Å². The Labute approximate surface area is 123 Å². The minimum Gasteiger partial charge on any atom is -0.497 e. The second-order valence-corrected chi connectivity index (χ2v) is 5.68. The molecular weight excluding hydrogens is 326 g/mol. The van der Waals surface area contributed by atoms with Crippen LogP contribution in [0.25, 0.3) is 5.65 Å². The van der Waals surface area contributed by atoms with Crippen molar-refractivity contribution in [3.05, 3.63) is 47.5 Å². The summed E-state index contributed by atoms with van der Waals surface area (Å²) in [5.74, 6) is 0.845. The number of methoxy groups -OCH3 is 1. The van der Waals surface area contributed by atoms with Crippen LogP contribution in [0.3, 0.4) is 0 Å². The van der Waals surface area contributed by atoms with Crippen LogP contribution < -0.4 is 4.74 Å². The number of hydrogen-bond donors (Lipinski definition) is 0. The van der Waals surface area contributed by atoms with E-state index in [1.807, 2.05) is 41.1 Å². The van der Waals surface area contributed by atoms with E-state index in [1.165, 1.54) is 0 Å². The topological polar surface area (TPSA) is 39.4 Å². The van der Waals surface area contributed by atoms with Gasteiger partial charge in [-0.15, -0.1) is 0 Å². The summed E-state index contributed by atoms with van der Waals surface area (Å²) in [7, 11) is 1.66. The van der Waals surface area contributed by atoms with E-state index in [1.54, 1.807) is 25.1 Å². The van der Waals surface area contributed by atoms with Gasteiger partial charge < -0.3 is 9.14 Å². The molecule has 0 aliphatic carbocycles. The third kappa shape index (κ3) is 2.59. The molecule has 0 aliphatic heterocycles. The lowest BCUT2D eigenvalue weighted by Crippen LogP contribution is -1.91. The van der Waals surface area contributed by atoms with Crippen LogP contribution in [0, 0.1) is 0 Å². The Balaban J connectivity index is 1.97. The lowest BCUT2D eigenvalue weighted by atomic mass is 10.3. The van der Waals surface area contributed by atoms with Crippen molar-refractivity contribution in [3.8, 4) is 5.75 Å². The Bertz CT molecular complexity index is 711. The molecule has 0 amide bonds. The molecule has 6 heteroatoms. The minimum atomic E-state index is 0.786. The first kappa shape index (κ1) is 12.5. The first-order valence-corrected chi connectivity index (χ1v) is 7.18. The van der Waals surface area contributed by atoms with Crippen molar-refractivity contribution in [1.82, 2.24) is 14.4 Å². The fourth-order valence-electron chi connectivity index (χ4n) is 1.70. The van der Waals surface area contributed by atoms with Crippen molar-refractivity contribution in [1.29, 1.82) is 0 Å². The monoisotopic (exact) mass is 335 g/mol. The number of fused-ring (bicyclic) bond motifs is 1. The molecular formula is C13H10BrN3OS. The van der Waals surface area contributed by atoms with Crippen molar-refractivity contribution < 1.29 is 4.74 Å². The molecule has 2 aromatic heterocycles. The molecule has 0 aliphatic rings. The summed E-state index contributed by atoms with van der Waals surface area (Å²) in [4.78, 5) is 9.89. The van der Waals surface area contributed by atoms with Gasteiger partial charge in [0.15, 0.2) is 5.65 Å². The summed E-state index contributed by atoms with van der Waals surface area (Å²) < 4.78 is 7.88. The zero-order chi connectivity index (χ0) is 13.2. The summed E-state index contributed by atoms with van der Waals surface area (Å²) in [6.45, 7) is 0. The Morgan fingerprint density at radius 3 is 2.79 bits per heavy atom. The molecule has 0 atom stereocenters. The third-order valence-corrected chi connectivity index (χ3v) is 3.95. The molecule has 0 saturated heterocycles. The number of halogens is 1. The number of hydrogen-bond acceptors (Lipinski definition) is 4. The zero-order valence-corrected chi connectivity index (χ0v) is 12.5. The number of rotatable bonds is 3. The number of ether oxygens (including phenoxy) is 1. The molecule has 1 aromatic carbocycles. The van der Waals surface area contributed by atoms with Crippen LogP contribution in [0.5, 0.6) is 5.75 Å². The summed E-state index contributed by atoms with van der Waals surface area (Å²) in [6.07, 6.45) is 5.56. The molecule has 96 valence electrons. The van der Waals surface area contributed by atoms with Crippen LogP contribution in [-0.4, -0.2) is 21.5 Å². The second kappa shape index (κ2) is 5.22. The highest BCUT2D eigenvalue weighted by atomic mass is 79.9. The second-order valence-electron chi connectivity index (χ2n) is 3.80. The van der Waals surface area contributed by atoms with Crippen molar-refractivity contribution in [3.63, 3.8) is 0 Å². The van der Waals surface area contributed by atoms with E-state index in [4.69, 9.17) is 4.74 Å². The molecule has 3 aromatic rings. The number of aromatic nitrogens is 3. The number of imidazole rings is 1. The van der Waals surface area contributed by atoms with Crippen molar-refractivity contribution in [2.45, 2.75) is 9.92 Å². The fourth-order valence-corrected chi connectivity index (χ4v) is 3.10. The van der Waals surface area contributed by atoms with Crippen LogP contribution in [0.1, 0.15) is 0 Å². The average molecular weight is 336 g/mol. The van der Waals surface area contributed by atoms with Crippen LogP contribution >= 0.6 is 27.7 Å². The highest BCUT2D eigenvalue weighted by Crippen LogP contribution is 2.30. The van der Waals surface area contributed by atoms with E-state index >= 15 is 0 Å². The maximum Gasteiger partial charge on any atom is 0.170 e. The van der Waals surface area contributed by atoms with Gasteiger partial charge >= 0.3 is 0 Å². The summed E-state index contributed by atoms with van der Waals surface area (Å²) in [5, 5.41) is 0.865. The molecule has 0 bridgehead atoms. The largest absolute Gasteiger partial charge is 0.497 e. The van der Waals surface area contributed by atoms with Crippen LogP contribution in [-0.2, 0) is 0 Å². The molecule has 0 unspecified atom stereocenters. The lowest BCUT2D eigenvalue weighted by Gasteiger charge is -2.05. The summed E-state index contributed by atoms with van der Waals surface area (Å²) in [5.41, 5.74) is 0.851. The summed E-state index contributed by atoms with van der Waals surface area (Å²) in [6, 6.07) is 7.88. The standard InChI is InChI=1S/C13H10BrN3OS/c1-18-9-2-4-10(5-3-9)19-13-12-15-6-7-17(12)8-11(14)16-13/h2-8H,1H3. The van der Waals surface area contributed by atoms with E-state index in [9.17, 15) is 0 Å². The SMILES string of the molecule is COc1ccc(Sc2nc(Br)cn3ccnc23)cc1. The van der Waals surface area contributed by atoms with E-state index in [0.717, 1.165) is 25.9 Å². The van der Waals surface area contributed by atoms with Gasteiger partial charge in [-0.25, -0.2) is 9.97 Å². The molecule has 0 fully saturated rings. The normalized spacial score (nSPS) is 10.8. The quantitative estimate of drug-likeness (QED) is 0.732. The van der Waals surface area contributed by atoms with Gasteiger partial charge in [0.2, 0.25) is 0 Å². The van der Waals surface area contributed by atoms with Crippen LogP contribution in [0.15, 0.2) is 57.4 Å². The van der Waals surface area contributed by atoms with Crippen molar-refractivity contribution in [2.24, 2.45) is 0 Å². The lowest BCUT2D eigenvalue weighted by molar-refractivity contribution is 0.414. The molecule has 3 rings (SSSR count). The van der Waals surface area contributed by atoms with E-state index in [-0.39, 0.29) is 0 Å². The third-order valence-electron chi connectivity index (χ3n) is 2.59. The van der Waals surface area contributed by atoms with Gasteiger partial charge in [0, 0.05) is 23.5 Å². The van der Waals surface area contributed by atoms with E-state index in [0.29, 0.717) is 0 Å².